The van der Waals surface area contributed by atoms with Gasteiger partial charge in [-0.1, -0.05) is 0 Å². The zero-order valence-corrected chi connectivity index (χ0v) is 8.50. The summed E-state index contributed by atoms with van der Waals surface area (Å²) >= 11 is 0. The third-order valence-electron chi connectivity index (χ3n) is 2.88. The molecular formula is C9H14F3NO3. The van der Waals surface area contributed by atoms with Crippen LogP contribution in [0.15, 0.2) is 0 Å². The molecule has 1 saturated carbocycles. The van der Waals surface area contributed by atoms with Gasteiger partial charge in [0, 0.05) is 6.04 Å². The van der Waals surface area contributed by atoms with Gasteiger partial charge in [0.15, 0.2) is 6.10 Å². The van der Waals surface area contributed by atoms with E-state index < -0.39 is 24.3 Å². The normalized spacial score (nSPS) is 28.5. The average Bonchev–Trinajstić information content (AvgIpc) is 2.15. The van der Waals surface area contributed by atoms with Crippen molar-refractivity contribution in [2.24, 2.45) is 5.92 Å². The summed E-state index contributed by atoms with van der Waals surface area (Å²) in [6.45, 7) is 0. The van der Waals surface area contributed by atoms with E-state index in [9.17, 15) is 18.0 Å². The molecule has 0 aromatic heterocycles. The monoisotopic (exact) mass is 241 g/mol. The van der Waals surface area contributed by atoms with Crippen LogP contribution in [0, 0.1) is 5.92 Å². The summed E-state index contributed by atoms with van der Waals surface area (Å²) in [6.07, 6.45) is -7.00. The van der Waals surface area contributed by atoms with Gasteiger partial charge in [0.25, 0.3) is 0 Å². The second-order valence-corrected chi connectivity index (χ2v) is 4.05. The predicted molar refractivity (Wildman–Crippen MR) is 49.0 cm³/mol. The molecule has 1 amide bonds. The highest BCUT2D eigenvalue weighted by Gasteiger charge is 2.44. The Morgan fingerprint density at radius 3 is 2.12 bits per heavy atom. The van der Waals surface area contributed by atoms with E-state index in [1.165, 1.54) is 0 Å². The Bertz CT molecular complexity index is 249. The number of hydrogen-bond donors (Lipinski definition) is 3. The molecule has 0 spiro atoms. The van der Waals surface area contributed by atoms with Crippen molar-refractivity contribution in [3.63, 3.8) is 0 Å². The zero-order valence-electron chi connectivity index (χ0n) is 8.50. The number of halogens is 3. The van der Waals surface area contributed by atoms with Crippen LogP contribution in [0.1, 0.15) is 25.7 Å². The van der Waals surface area contributed by atoms with E-state index in [-0.39, 0.29) is 18.9 Å². The molecule has 0 aromatic carbocycles. The molecule has 0 unspecified atom stereocenters. The van der Waals surface area contributed by atoms with E-state index in [1.807, 2.05) is 0 Å². The molecule has 0 aromatic rings. The predicted octanol–water partition coefficient (Wildman–Crippen LogP) is 1.74. The maximum atomic E-state index is 12.2. The van der Waals surface area contributed by atoms with Crippen molar-refractivity contribution in [3.8, 4) is 0 Å². The number of nitrogens with one attached hydrogen (secondary N) is 1. The second-order valence-electron chi connectivity index (χ2n) is 4.05. The van der Waals surface area contributed by atoms with Gasteiger partial charge in [-0.15, -0.1) is 0 Å². The molecule has 0 aliphatic heterocycles. The Labute approximate surface area is 90.4 Å². The summed E-state index contributed by atoms with van der Waals surface area (Å²) in [5.74, 6) is -0.813. The SMILES string of the molecule is O=C(O)NC1CCC([C@@H](O)C(F)(F)F)CC1. The van der Waals surface area contributed by atoms with E-state index in [0.29, 0.717) is 12.8 Å². The number of alkyl halides is 3. The molecule has 3 N–H and O–H groups in total. The number of carboxylic acid groups (broad SMARTS) is 1. The smallest absolute Gasteiger partial charge is 0.414 e. The van der Waals surface area contributed by atoms with Crippen LogP contribution < -0.4 is 5.32 Å². The van der Waals surface area contributed by atoms with Crippen molar-refractivity contribution in [3.05, 3.63) is 0 Å². The van der Waals surface area contributed by atoms with Gasteiger partial charge in [0.1, 0.15) is 0 Å². The minimum atomic E-state index is -4.59. The fraction of sp³-hybridized carbons (Fsp3) is 0.889. The average molecular weight is 241 g/mol. The number of carbonyl (C=O) groups is 1. The Balaban J connectivity index is 2.40. The molecule has 0 saturated heterocycles. The van der Waals surface area contributed by atoms with Crippen LogP contribution in [0.25, 0.3) is 0 Å². The van der Waals surface area contributed by atoms with Gasteiger partial charge < -0.3 is 15.5 Å². The molecule has 1 fully saturated rings. The van der Waals surface area contributed by atoms with Gasteiger partial charge in [-0.25, -0.2) is 4.79 Å². The van der Waals surface area contributed by atoms with Crippen molar-refractivity contribution in [2.75, 3.05) is 0 Å². The van der Waals surface area contributed by atoms with Crippen molar-refractivity contribution in [2.45, 2.75) is 44.0 Å². The number of hydrogen-bond acceptors (Lipinski definition) is 2. The van der Waals surface area contributed by atoms with Crippen LogP contribution in [0.2, 0.25) is 0 Å². The summed E-state index contributed by atoms with van der Waals surface area (Å²) in [4.78, 5) is 10.3. The van der Waals surface area contributed by atoms with Gasteiger partial charge in [0.2, 0.25) is 0 Å². The lowest BCUT2D eigenvalue weighted by Crippen LogP contribution is -2.42. The summed E-state index contributed by atoms with van der Waals surface area (Å²) in [7, 11) is 0. The Morgan fingerprint density at radius 1 is 1.25 bits per heavy atom. The molecule has 0 heterocycles. The minimum Gasteiger partial charge on any atom is -0.465 e. The fourth-order valence-electron chi connectivity index (χ4n) is 2.02. The molecule has 1 aliphatic carbocycles. The first kappa shape index (κ1) is 13.1. The van der Waals surface area contributed by atoms with Gasteiger partial charge in [0.05, 0.1) is 0 Å². The molecule has 1 rings (SSSR count). The maximum absolute atomic E-state index is 12.2. The summed E-state index contributed by atoms with van der Waals surface area (Å²) < 4.78 is 36.5. The van der Waals surface area contributed by atoms with Crippen molar-refractivity contribution in [1.82, 2.24) is 5.32 Å². The largest absolute Gasteiger partial charge is 0.465 e. The van der Waals surface area contributed by atoms with Crippen molar-refractivity contribution in [1.29, 1.82) is 0 Å². The molecule has 16 heavy (non-hydrogen) atoms. The number of amides is 1. The van der Waals surface area contributed by atoms with Crippen molar-refractivity contribution >= 4 is 6.09 Å². The fourth-order valence-corrected chi connectivity index (χ4v) is 2.02. The van der Waals surface area contributed by atoms with Crippen molar-refractivity contribution < 1.29 is 28.2 Å². The highest BCUT2D eigenvalue weighted by molar-refractivity contribution is 5.64. The number of rotatable bonds is 2. The number of aliphatic hydroxyl groups is 1. The first-order valence-electron chi connectivity index (χ1n) is 5.05. The molecule has 7 heteroatoms. The topological polar surface area (TPSA) is 69.6 Å². The van der Waals surface area contributed by atoms with Crippen LogP contribution in [0.4, 0.5) is 18.0 Å². The standard InChI is InChI=1S/C9H14F3NO3/c10-9(11,12)7(14)5-1-3-6(4-2-5)13-8(15)16/h5-7,13-14H,1-4H2,(H,15,16)/t5?,6?,7-/m1/s1. The van der Waals surface area contributed by atoms with Gasteiger partial charge in [-0.05, 0) is 31.6 Å². The third-order valence-corrected chi connectivity index (χ3v) is 2.88. The van der Waals surface area contributed by atoms with Crippen LogP contribution in [0.5, 0.6) is 0 Å². The first-order valence-corrected chi connectivity index (χ1v) is 5.05. The Hall–Kier alpha value is -0.980. The van der Waals surface area contributed by atoms with Crippen LogP contribution in [-0.2, 0) is 0 Å². The maximum Gasteiger partial charge on any atom is 0.414 e. The number of aliphatic hydroxyl groups excluding tert-OH is 1. The lowest BCUT2D eigenvalue weighted by molar-refractivity contribution is -0.222. The van der Waals surface area contributed by atoms with E-state index in [0.717, 1.165) is 0 Å². The van der Waals surface area contributed by atoms with Crippen LogP contribution in [0.3, 0.4) is 0 Å². The van der Waals surface area contributed by atoms with Gasteiger partial charge in [-0.3, -0.25) is 0 Å². The lowest BCUT2D eigenvalue weighted by Gasteiger charge is -2.32. The molecule has 0 radical (unpaired) electrons. The molecule has 0 bridgehead atoms. The van der Waals surface area contributed by atoms with E-state index in [2.05, 4.69) is 5.32 Å². The zero-order chi connectivity index (χ0) is 12.3. The van der Waals surface area contributed by atoms with Crippen LogP contribution >= 0.6 is 0 Å². The highest BCUT2D eigenvalue weighted by atomic mass is 19.4. The van der Waals surface area contributed by atoms with Gasteiger partial charge in [-0.2, -0.15) is 13.2 Å². The Kier molecular flexibility index (Phi) is 4.01. The molecule has 1 aliphatic rings. The minimum absolute atomic E-state index is 0.186. The van der Waals surface area contributed by atoms with Gasteiger partial charge >= 0.3 is 12.3 Å². The van der Waals surface area contributed by atoms with E-state index in [1.54, 1.807) is 0 Å². The van der Waals surface area contributed by atoms with E-state index >= 15 is 0 Å². The second kappa shape index (κ2) is 4.90. The highest BCUT2D eigenvalue weighted by Crippen LogP contribution is 2.34. The van der Waals surface area contributed by atoms with E-state index in [4.69, 9.17) is 10.2 Å². The summed E-state index contributed by atoms with van der Waals surface area (Å²) in [6, 6.07) is -0.297. The van der Waals surface area contributed by atoms with Crippen LogP contribution in [-0.4, -0.2) is 34.6 Å². The Morgan fingerprint density at radius 2 is 1.75 bits per heavy atom. The molecule has 1 atom stereocenters. The summed E-state index contributed by atoms with van der Waals surface area (Å²) in [5.41, 5.74) is 0. The molecular weight excluding hydrogens is 227 g/mol. The molecule has 94 valence electrons. The summed E-state index contributed by atoms with van der Waals surface area (Å²) in [5, 5.41) is 19.7. The lowest BCUT2D eigenvalue weighted by atomic mass is 9.82. The first-order chi connectivity index (χ1) is 7.30. The molecule has 4 nitrogen and oxygen atoms in total. The quantitative estimate of drug-likeness (QED) is 0.689. The third kappa shape index (κ3) is 3.55.